The van der Waals surface area contributed by atoms with E-state index in [9.17, 15) is 19.2 Å². The summed E-state index contributed by atoms with van der Waals surface area (Å²) in [5.41, 5.74) is 6.09. The number of nitrogens with one attached hydrogen (secondary N) is 1. The maximum Gasteiger partial charge on any atom is 0.262 e. The van der Waals surface area contributed by atoms with E-state index in [0.717, 1.165) is 4.90 Å². The maximum absolute atomic E-state index is 12.2. The van der Waals surface area contributed by atoms with Crippen LogP contribution in [-0.4, -0.2) is 48.2 Å². The Bertz CT molecular complexity index is 1020. The van der Waals surface area contributed by atoms with Gasteiger partial charge >= 0.3 is 0 Å². The molecule has 1 heterocycles. The number of ether oxygens (including phenoxy) is 1. The molecule has 8 nitrogen and oxygen atoms in total. The lowest BCUT2D eigenvalue weighted by molar-refractivity contribution is -0.121. The molecule has 1 aliphatic heterocycles. The molecule has 2 aromatic carbocycles. The molecule has 0 unspecified atom stereocenters. The molecule has 146 valence electrons. The number of hydrogen-bond acceptors (Lipinski definition) is 5. The van der Waals surface area contributed by atoms with Crippen LogP contribution in [0.3, 0.4) is 0 Å². The van der Waals surface area contributed by atoms with Gasteiger partial charge in [-0.05, 0) is 24.3 Å². The summed E-state index contributed by atoms with van der Waals surface area (Å²) in [6, 6.07) is 12.9. The molecule has 0 spiro atoms. The van der Waals surface area contributed by atoms with Crippen LogP contribution < -0.4 is 15.8 Å². The summed E-state index contributed by atoms with van der Waals surface area (Å²) in [5.74, 6) is 3.61. The quantitative estimate of drug-likeness (QED) is 0.552. The number of fused-ring (bicyclic) bond motifs is 1. The van der Waals surface area contributed by atoms with E-state index in [1.54, 1.807) is 48.5 Å². The van der Waals surface area contributed by atoms with E-state index < -0.39 is 23.6 Å². The fourth-order valence-corrected chi connectivity index (χ4v) is 2.75. The minimum atomic E-state index is -0.603. The van der Waals surface area contributed by atoms with E-state index in [1.165, 1.54) is 0 Å². The van der Waals surface area contributed by atoms with Gasteiger partial charge in [-0.15, -0.1) is 0 Å². The first-order valence-electron chi connectivity index (χ1n) is 8.68. The highest BCUT2D eigenvalue weighted by Gasteiger charge is 2.36. The Kier molecular flexibility index (Phi) is 5.90. The van der Waals surface area contributed by atoms with Gasteiger partial charge in [-0.25, -0.2) is 0 Å². The molecule has 1 aliphatic rings. The monoisotopic (exact) mass is 391 g/mol. The number of benzene rings is 2. The number of nitrogens with two attached hydrogens (primary N) is 1. The van der Waals surface area contributed by atoms with Gasteiger partial charge in [0.1, 0.15) is 18.9 Å². The van der Waals surface area contributed by atoms with E-state index in [-0.39, 0.29) is 25.3 Å². The largest absolute Gasteiger partial charge is 0.480 e. The van der Waals surface area contributed by atoms with Crippen LogP contribution in [0.25, 0.3) is 0 Å². The average Bonchev–Trinajstić information content (AvgIpc) is 2.96. The van der Waals surface area contributed by atoms with Crippen LogP contribution in [0.1, 0.15) is 31.1 Å². The second-order valence-electron chi connectivity index (χ2n) is 6.02. The lowest BCUT2D eigenvalue weighted by Crippen LogP contribution is -2.40. The molecule has 0 atom stereocenters. The van der Waals surface area contributed by atoms with Crippen LogP contribution in [0.15, 0.2) is 48.5 Å². The molecule has 0 saturated heterocycles. The van der Waals surface area contributed by atoms with Gasteiger partial charge in [0.25, 0.3) is 17.7 Å². The Hall–Kier alpha value is -4.12. The van der Waals surface area contributed by atoms with Crippen molar-refractivity contribution in [1.82, 2.24) is 10.2 Å². The van der Waals surface area contributed by atoms with Crippen LogP contribution in [0.2, 0.25) is 0 Å². The van der Waals surface area contributed by atoms with Crippen molar-refractivity contribution in [3.63, 3.8) is 0 Å². The van der Waals surface area contributed by atoms with Gasteiger partial charge in [-0.3, -0.25) is 24.1 Å². The number of nitrogens with zero attached hydrogens (tertiary/aromatic N) is 1. The minimum Gasteiger partial charge on any atom is -0.480 e. The highest BCUT2D eigenvalue weighted by molar-refractivity contribution is 6.22. The Morgan fingerprint density at radius 3 is 2.24 bits per heavy atom. The molecule has 0 aromatic heterocycles. The number of hydrogen-bond donors (Lipinski definition) is 2. The first-order valence-corrected chi connectivity index (χ1v) is 8.68. The summed E-state index contributed by atoms with van der Waals surface area (Å²) in [6.45, 7) is -0.363. The Balaban J connectivity index is 1.46. The van der Waals surface area contributed by atoms with Gasteiger partial charge in [0.15, 0.2) is 0 Å². The zero-order valence-corrected chi connectivity index (χ0v) is 15.3. The van der Waals surface area contributed by atoms with Crippen LogP contribution in [0.4, 0.5) is 0 Å². The molecular formula is C21H17N3O5. The number of rotatable bonds is 6. The zero-order valence-electron chi connectivity index (χ0n) is 15.3. The molecule has 29 heavy (non-hydrogen) atoms. The normalized spacial score (nSPS) is 12.1. The van der Waals surface area contributed by atoms with E-state index in [2.05, 4.69) is 17.2 Å². The highest BCUT2D eigenvalue weighted by Crippen LogP contribution is 2.21. The maximum atomic E-state index is 12.2. The molecule has 0 fully saturated rings. The number of para-hydroxylation sites is 1. The smallest absolute Gasteiger partial charge is 0.262 e. The van der Waals surface area contributed by atoms with Crippen molar-refractivity contribution in [1.29, 1.82) is 0 Å². The average molecular weight is 391 g/mol. The highest BCUT2D eigenvalue weighted by atomic mass is 16.5. The first-order chi connectivity index (χ1) is 14.0. The molecule has 8 heteroatoms. The molecular weight excluding hydrogens is 374 g/mol. The van der Waals surface area contributed by atoms with Gasteiger partial charge in [-0.2, -0.15) is 0 Å². The zero-order chi connectivity index (χ0) is 20.8. The minimum absolute atomic E-state index is 0.00142. The topological polar surface area (TPSA) is 119 Å². The summed E-state index contributed by atoms with van der Waals surface area (Å²) < 4.78 is 5.39. The van der Waals surface area contributed by atoms with Crippen molar-refractivity contribution in [3.8, 4) is 17.6 Å². The molecule has 3 rings (SSSR count). The molecule has 0 radical (unpaired) electrons. The van der Waals surface area contributed by atoms with Crippen LogP contribution in [0.5, 0.6) is 5.75 Å². The van der Waals surface area contributed by atoms with Crippen molar-refractivity contribution in [2.75, 3.05) is 19.7 Å². The number of amides is 4. The molecule has 3 N–H and O–H groups in total. The van der Waals surface area contributed by atoms with Gasteiger partial charge in [0.05, 0.1) is 23.2 Å². The third-order valence-electron chi connectivity index (χ3n) is 4.13. The molecule has 2 aromatic rings. The van der Waals surface area contributed by atoms with E-state index in [0.29, 0.717) is 16.9 Å². The summed E-state index contributed by atoms with van der Waals surface area (Å²) in [7, 11) is 0. The van der Waals surface area contributed by atoms with Crippen molar-refractivity contribution in [3.05, 3.63) is 65.2 Å². The predicted octanol–water partition coefficient (Wildman–Crippen LogP) is 0.580. The van der Waals surface area contributed by atoms with Gasteiger partial charge in [0.2, 0.25) is 5.91 Å². The van der Waals surface area contributed by atoms with Gasteiger partial charge < -0.3 is 15.8 Å². The number of primary amides is 1. The third-order valence-corrected chi connectivity index (χ3v) is 4.13. The van der Waals surface area contributed by atoms with Crippen molar-refractivity contribution in [2.24, 2.45) is 5.73 Å². The Morgan fingerprint density at radius 2 is 1.59 bits per heavy atom. The predicted molar refractivity (Wildman–Crippen MR) is 103 cm³/mol. The number of imide groups is 1. The van der Waals surface area contributed by atoms with Gasteiger partial charge in [0, 0.05) is 0 Å². The number of carbonyl (C=O) groups is 4. The van der Waals surface area contributed by atoms with E-state index >= 15 is 0 Å². The van der Waals surface area contributed by atoms with E-state index in [1.807, 2.05) is 0 Å². The van der Waals surface area contributed by atoms with Crippen LogP contribution in [-0.2, 0) is 4.79 Å². The summed E-state index contributed by atoms with van der Waals surface area (Å²) in [4.78, 5) is 48.6. The third kappa shape index (κ3) is 4.42. The Morgan fingerprint density at radius 1 is 0.966 bits per heavy atom. The molecule has 0 saturated carbocycles. The molecule has 0 aliphatic carbocycles. The molecule has 0 bridgehead atoms. The SMILES string of the molecule is NC(=O)c1ccccc1OCC#CCNC(=O)CN1C(=O)c2ccccc2C1=O. The first kappa shape index (κ1) is 19.6. The standard InChI is InChI=1S/C21H17N3O5/c22-19(26)16-9-3-4-10-17(16)29-12-6-5-11-23-18(25)13-24-20(27)14-7-1-2-8-15(14)21(24)28/h1-4,7-10H,11-13H2,(H2,22,26)(H,23,25). The van der Waals surface area contributed by atoms with Crippen LogP contribution >= 0.6 is 0 Å². The van der Waals surface area contributed by atoms with Crippen molar-refractivity contribution in [2.45, 2.75) is 0 Å². The van der Waals surface area contributed by atoms with Gasteiger partial charge in [-0.1, -0.05) is 36.1 Å². The number of carbonyl (C=O) groups excluding carboxylic acids is 4. The fraction of sp³-hybridized carbons (Fsp3) is 0.143. The Labute approximate surface area is 166 Å². The van der Waals surface area contributed by atoms with E-state index in [4.69, 9.17) is 10.5 Å². The van der Waals surface area contributed by atoms with Crippen molar-refractivity contribution >= 4 is 23.6 Å². The fourth-order valence-electron chi connectivity index (χ4n) is 2.75. The molecule has 4 amide bonds. The summed E-state index contributed by atoms with van der Waals surface area (Å²) in [5, 5.41) is 2.52. The lowest BCUT2D eigenvalue weighted by Gasteiger charge is -2.12. The van der Waals surface area contributed by atoms with Crippen molar-refractivity contribution < 1.29 is 23.9 Å². The summed E-state index contributed by atoms with van der Waals surface area (Å²) >= 11 is 0. The lowest BCUT2D eigenvalue weighted by atomic mass is 10.1. The summed E-state index contributed by atoms with van der Waals surface area (Å²) in [6.07, 6.45) is 0. The second kappa shape index (κ2) is 8.71. The second-order valence-corrected chi connectivity index (χ2v) is 6.02. The van der Waals surface area contributed by atoms with Crippen LogP contribution in [0, 0.1) is 11.8 Å².